The highest BCUT2D eigenvalue weighted by Gasteiger charge is 2.09. The van der Waals surface area contributed by atoms with Gasteiger partial charge in [-0.1, -0.05) is 6.92 Å². The monoisotopic (exact) mass is 196 g/mol. The Morgan fingerprint density at radius 2 is 2.50 bits per heavy atom. The molecule has 78 valence electrons. The van der Waals surface area contributed by atoms with Crippen LogP contribution in [0.4, 0.5) is 0 Å². The van der Waals surface area contributed by atoms with E-state index in [4.69, 9.17) is 5.73 Å². The SMILES string of the molecule is CC(CN)CNC(=O)c1cncn1C. The maximum atomic E-state index is 11.5. The minimum Gasteiger partial charge on any atom is -0.350 e. The van der Waals surface area contributed by atoms with Gasteiger partial charge in [-0.15, -0.1) is 0 Å². The van der Waals surface area contributed by atoms with E-state index in [1.165, 1.54) is 0 Å². The average molecular weight is 196 g/mol. The summed E-state index contributed by atoms with van der Waals surface area (Å²) in [5, 5.41) is 2.80. The third-order valence-electron chi connectivity index (χ3n) is 2.06. The van der Waals surface area contributed by atoms with Gasteiger partial charge in [0.25, 0.3) is 5.91 Å². The molecule has 0 saturated heterocycles. The number of amides is 1. The largest absolute Gasteiger partial charge is 0.350 e. The molecule has 0 aromatic carbocycles. The Balaban J connectivity index is 2.47. The minimum atomic E-state index is -0.106. The fourth-order valence-electron chi connectivity index (χ4n) is 1.02. The van der Waals surface area contributed by atoms with E-state index in [-0.39, 0.29) is 5.91 Å². The highest BCUT2D eigenvalue weighted by molar-refractivity contribution is 5.92. The first kappa shape index (κ1) is 10.7. The van der Waals surface area contributed by atoms with Crippen molar-refractivity contribution in [2.45, 2.75) is 6.92 Å². The van der Waals surface area contributed by atoms with Gasteiger partial charge in [0.15, 0.2) is 0 Å². The topological polar surface area (TPSA) is 72.9 Å². The van der Waals surface area contributed by atoms with Crippen LogP contribution in [0.15, 0.2) is 12.5 Å². The van der Waals surface area contributed by atoms with Crippen LogP contribution < -0.4 is 11.1 Å². The molecule has 14 heavy (non-hydrogen) atoms. The van der Waals surface area contributed by atoms with Crippen LogP contribution in [0, 0.1) is 5.92 Å². The molecular formula is C9H16N4O. The van der Waals surface area contributed by atoms with Gasteiger partial charge in [-0.05, 0) is 12.5 Å². The summed E-state index contributed by atoms with van der Waals surface area (Å²) < 4.78 is 1.68. The number of nitrogens with one attached hydrogen (secondary N) is 1. The van der Waals surface area contributed by atoms with Crippen LogP contribution in [0.25, 0.3) is 0 Å². The Morgan fingerprint density at radius 1 is 1.79 bits per heavy atom. The summed E-state index contributed by atoms with van der Waals surface area (Å²) in [6, 6.07) is 0. The second-order valence-electron chi connectivity index (χ2n) is 3.44. The highest BCUT2D eigenvalue weighted by atomic mass is 16.1. The van der Waals surface area contributed by atoms with Crippen molar-refractivity contribution >= 4 is 5.91 Å². The molecule has 0 spiro atoms. The molecule has 0 aliphatic carbocycles. The number of aromatic nitrogens is 2. The van der Waals surface area contributed by atoms with Crippen LogP contribution >= 0.6 is 0 Å². The summed E-state index contributed by atoms with van der Waals surface area (Å²) in [5.41, 5.74) is 6.00. The molecule has 0 saturated carbocycles. The third-order valence-corrected chi connectivity index (χ3v) is 2.06. The first-order chi connectivity index (χ1) is 6.65. The summed E-state index contributed by atoms with van der Waals surface area (Å²) in [5.74, 6) is 0.192. The van der Waals surface area contributed by atoms with Gasteiger partial charge in [0.1, 0.15) is 5.69 Å². The molecule has 1 unspecified atom stereocenters. The summed E-state index contributed by atoms with van der Waals surface area (Å²) in [7, 11) is 1.79. The Kier molecular flexibility index (Phi) is 3.64. The number of rotatable bonds is 4. The van der Waals surface area contributed by atoms with E-state index in [1.807, 2.05) is 6.92 Å². The maximum Gasteiger partial charge on any atom is 0.269 e. The molecule has 5 heteroatoms. The van der Waals surface area contributed by atoms with E-state index in [1.54, 1.807) is 24.1 Å². The maximum absolute atomic E-state index is 11.5. The average Bonchev–Trinajstić information content (AvgIpc) is 2.60. The predicted molar refractivity (Wildman–Crippen MR) is 53.8 cm³/mol. The Bertz CT molecular complexity index is 308. The number of carbonyl (C=O) groups excluding carboxylic acids is 1. The van der Waals surface area contributed by atoms with Gasteiger partial charge in [-0.25, -0.2) is 4.98 Å². The van der Waals surface area contributed by atoms with Gasteiger partial charge in [0, 0.05) is 13.6 Å². The molecule has 1 rings (SSSR count). The molecule has 1 aromatic rings. The van der Waals surface area contributed by atoms with E-state index < -0.39 is 0 Å². The molecule has 3 N–H and O–H groups in total. The van der Waals surface area contributed by atoms with Crippen LogP contribution in [-0.2, 0) is 7.05 Å². The van der Waals surface area contributed by atoms with Gasteiger partial charge in [0.2, 0.25) is 0 Å². The van der Waals surface area contributed by atoms with Crippen LogP contribution in [0.5, 0.6) is 0 Å². The van der Waals surface area contributed by atoms with Crippen LogP contribution in [0.1, 0.15) is 17.4 Å². The Labute approximate surface area is 83.3 Å². The first-order valence-electron chi connectivity index (χ1n) is 4.59. The molecule has 1 atom stereocenters. The number of nitrogens with zero attached hydrogens (tertiary/aromatic N) is 2. The Hall–Kier alpha value is -1.36. The molecule has 0 aliphatic rings. The summed E-state index contributed by atoms with van der Waals surface area (Å²) in [4.78, 5) is 15.4. The number of aryl methyl sites for hydroxylation is 1. The molecular weight excluding hydrogens is 180 g/mol. The quantitative estimate of drug-likeness (QED) is 0.697. The third kappa shape index (κ3) is 2.56. The summed E-state index contributed by atoms with van der Waals surface area (Å²) in [6.45, 7) is 3.16. The fraction of sp³-hybridized carbons (Fsp3) is 0.556. The smallest absolute Gasteiger partial charge is 0.269 e. The van der Waals surface area contributed by atoms with Crippen molar-refractivity contribution in [1.29, 1.82) is 0 Å². The standard InChI is InChI=1S/C9H16N4O/c1-7(3-10)4-12-9(14)8-5-11-6-13(8)2/h5-7H,3-4,10H2,1-2H3,(H,12,14). The normalized spacial score (nSPS) is 12.5. The lowest BCUT2D eigenvalue weighted by molar-refractivity contribution is 0.0940. The lowest BCUT2D eigenvalue weighted by atomic mass is 10.2. The van der Waals surface area contributed by atoms with Gasteiger partial charge < -0.3 is 15.6 Å². The molecule has 0 fully saturated rings. The number of nitrogens with two attached hydrogens (primary N) is 1. The van der Waals surface area contributed by atoms with E-state index in [0.717, 1.165) is 0 Å². The zero-order valence-electron chi connectivity index (χ0n) is 8.53. The van der Waals surface area contributed by atoms with Crippen molar-refractivity contribution in [3.8, 4) is 0 Å². The van der Waals surface area contributed by atoms with Crippen LogP contribution in [0.3, 0.4) is 0 Å². The summed E-state index contributed by atoms with van der Waals surface area (Å²) >= 11 is 0. The van der Waals surface area contributed by atoms with E-state index >= 15 is 0 Å². The molecule has 0 bridgehead atoms. The van der Waals surface area contributed by atoms with Gasteiger partial charge >= 0.3 is 0 Å². The van der Waals surface area contributed by atoms with Gasteiger partial charge in [-0.3, -0.25) is 4.79 Å². The molecule has 0 radical (unpaired) electrons. The Morgan fingerprint density at radius 3 is 3.00 bits per heavy atom. The predicted octanol–water partition coefficient (Wildman–Crippen LogP) is -0.255. The first-order valence-corrected chi connectivity index (χ1v) is 4.59. The van der Waals surface area contributed by atoms with Crippen molar-refractivity contribution in [3.05, 3.63) is 18.2 Å². The zero-order valence-corrected chi connectivity index (χ0v) is 8.53. The zero-order chi connectivity index (χ0) is 10.6. The lowest BCUT2D eigenvalue weighted by Crippen LogP contribution is -2.32. The van der Waals surface area contributed by atoms with E-state index in [9.17, 15) is 4.79 Å². The fourth-order valence-corrected chi connectivity index (χ4v) is 1.02. The van der Waals surface area contributed by atoms with Crippen molar-refractivity contribution in [2.24, 2.45) is 18.7 Å². The van der Waals surface area contributed by atoms with Crippen molar-refractivity contribution in [1.82, 2.24) is 14.9 Å². The number of hydrogen-bond donors (Lipinski definition) is 2. The molecule has 1 amide bonds. The minimum absolute atomic E-state index is 0.106. The van der Waals surface area contributed by atoms with Crippen molar-refractivity contribution < 1.29 is 4.79 Å². The molecule has 1 aromatic heterocycles. The molecule has 5 nitrogen and oxygen atoms in total. The second-order valence-corrected chi connectivity index (χ2v) is 3.44. The van der Waals surface area contributed by atoms with Crippen LogP contribution in [0.2, 0.25) is 0 Å². The van der Waals surface area contributed by atoms with Crippen LogP contribution in [-0.4, -0.2) is 28.5 Å². The lowest BCUT2D eigenvalue weighted by Gasteiger charge is -2.09. The van der Waals surface area contributed by atoms with Crippen molar-refractivity contribution in [2.75, 3.05) is 13.1 Å². The number of carbonyl (C=O) groups is 1. The van der Waals surface area contributed by atoms with Crippen molar-refractivity contribution in [3.63, 3.8) is 0 Å². The number of hydrogen-bond acceptors (Lipinski definition) is 3. The van der Waals surface area contributed by atoms with E-state index in [2.05, 4.69) is 10.3 Å². The second kappa shape index (κ2) is 4.76. The van der Waals surface area contributed by atoms with Gasteiger partial charge in [0.05, 0.1) is 12.5 Å². The summed E-state index contributed by atoms with van der Waals surface area (Å²) in [6.07, 6.45) is 3.14. The highest BCUT2D eigenvalue weighted by Crippen LogP contribution is 1.96. The van der Waals surface area contributed by atoms with Gasteiger partial charge in [-0.2, -0.15) is 0 Å². The number of imidazole rings is 1. The van der Waals surface area contributed by atoms with E-state index in [0.29, 0.717) is 24.7 Å². The molecule has 1 heterocycles. The molecule has 0 aliphatic heterocycles.